The van der Waals surface area contributed by atoms with E-state index in [1.807, 2.05) is 6.92 Å². The Morgan fingerprint density at radius 3 is 2.79 bits per heavy atom. The van der Waals surface area contributed by atoms with Crippen LogP contribution in [0.15, 0.2) is 0 Å². The summed E-state index contributed by atoms with van der Waals surface area (Å²) < 4.78 is 0. The third kappa shape index (κ3) is 7.21. The zero-order chi connectivity index (χ0) is 10.8. The molecule has 1 unspecified atom stereocenters. The molecule has 0 fully saturated rings. The van der Waals surface area contributed by atoms with E-state index in [2.05, 4.69) is 12.2 Å². The molecule has 0 saturated carbocycles. The molecule has 0 saturated heterocycles. The Balaban J connectivity index is 3.44. The molecular weight excluding hydrogens is 196 g/mol. The lowest BCUT2D eigenvalue weighted by Gasteiger charge is -2.11. The smallest absolute Gasteiger partial charge is 0.232 e. The van der Waals surface area contributed by atoms with Gasteiger partial charge in [-0.05, 0) is 32.1 Å². The van der Waals surface area contributed by atoms with Crippen LogP contribution in [0.1, 0.15) is 33.1 Å². The van der Waals surface area contributed by atoms with Gasteiger partial charge in [-0.15, -0.1) is 11.8 Å². The second-order valence-corrected chi connectivity index (χ2v) is 4.75. The maximum Gasteiger partial charge on any atom is 0.232 e. The molecule has 0 aromatic heterocycles. The van der Waals surface area contributed by atoms with Crippen LogP contribution in [0.25, 0.3) is 0 Å². The Morgan fingerprint density at radius 1 is 1.50 bits per heavy atom. The van der Waals surface area contributed by atoms with Crippen molar-refractivity contribution in [3.63, 3.8) is 0 Å². The van der Waals surface area contributed by atoms with Crippen LogP contribution in [0, 0.1) is 0 Å². The van der Waals surface area contributed by atoms with E-state index in [1.54, 1.807) is 11.8 Å². The van der Waals surface area contributed by atoms with Crippen molar-refractivity contribution in [3.05, 3.63) is 0 Å². The lowest BCUT2D eigenvalue weighted by molar-refractivity contribution is -0.120. The van der Waals surface area contributed by atoms with E-state index in [1.165, 1.54) is 12.8 Å². The molecule has 0 aliphatic rings. The summed E-state index contributed by atoms with van der Waals surface area (Å²) >= 11 is 1.72. The van der Waals surface area contributed by atoms with Crippen molar-refractivity contribution in [1.29, 1.82) is 0 Å². The van der Waals surface area contributed by atoms with Gasteiger partial charge in [0.15, 0.2) is 0 Å². The zero-order valence-electron chi connectivity index (χ0n) is 9.21. The van der Waals surface area contributed by atoms with Crippen LogP contribution in [-0.4, -0.2) is 30.0 Å². The van der Waals surface area contributed by atoms with Gasteiger partial charge in [-0.25, -0.2) is 0 Å². The van der Waals surface area contributed by atoms with Crippen LogP contribution >= 0.6 is 11.8 Å². The van der Waals surface area contributed by atoms with Crippen molar-refractivity contribution in [3.8, 4) is 0 Å². The molecule has 14 heavy (non-hydrogen) atoms. The molecule has 0 aliphatic carbocycles. The summed E-state index contributed by atoms with van der Waals surface area (Å²) in [5.74, 6) is 1.21. The van der Waals surface area contributed by atoms with Gasteiger partial charge in [0, 0.05) is 6.54 Å². The number of nitrogens with one attached hydrogen (secondary N) is 1. The number of carbonyl (C=O) groups excluding carboxylic acids is 1. The van der Waals surface area contributed by atoms with Gasteiger partial charge in [0.25, 0.3) is 0 Å². The van der Waals surface area contributed by atoms with E-state index in [0.717, 1.165) is 12.2 Å². The van der Waals surface area contributed by atoms with Crippen LogP contribution in [0.4, 0.5) is 0 Å². The quantitative estimate of drug-likeness (QED) is 0.605. The number of rotatable bonds is 8. The molecule has 3 N–H and O–H groups in total. The van der Waals surface area contributed by atoms with E-state index in [9.17, 15) is 4.79 Å². The SMILES string of the molecule is CCCCSC(C)C(=O)NCCCN. The van der Waals surface area contributed by atoms with Crippen molar-refractivity contribution in [2.45, 2.75) is 38.4 Å². The molecule has 0 aromatic carbocycles. The molecule has 84 valence electrons. The van der Waals surface area contributed by atoms with Crippen LogP contribution in [0.2, 0.25) is 0 Å². The highest BCUT2D eigenvalue weighted by atomic mass is 32.2. The first-order valence-corrected chi connectivity index (χ1v) is 6.36. The van der Waals surface area contributed by atoms with Gasteiger partial charge < -0.3 is 11.1 Å². The average Bonchev–Trinajstić information content (AvgIpc) is 2.18. The van der Waals surface area contributed by atoms with Crippen LogP contribution in [-0.2, 0) is 4.79 Å². The topological polar surface area (TPSA) is 55.1 Å². The normalized spacial score (nSPS) is 12.5. The highest BCUT2D eigenvalue weighted by Crippen LogP contribution is 2.12. The van der Waals surface area contributed by atoms with Crippen molar-refractivity contribution in [2.24, 2.45) is 5.73 Å². The number of unbranched alkanes of at least 4 members (excludes halogenated alkanes) is 1. The summed E-state index contributed by atoms with van der Waals surface area (Å²) in [6.07, 6.45) is 3.23. The predicted molar refractivity (Wildman–Crippen MR) is 63.5 cm³/mol. The largest absolute Gasteiger partial charge is 0.355 e. The van der Waals surface area contributed by atoms with Gasteiger partial charge in [-0.3, -0.25) is 4.79 Å². The maximum atomic E-state index is 11.4. The molecule has 3 nitrogen and oxygen atoms in total. The first-order chi connectivity index (χ1) is 6.72. The van der Waals surface area contributed by atoms with Crippen LogP contribution in [0.3, 0.4) is 0 Å². The van der Waals surface area contributed by atoms with E-state index in [-0.39, 0.29) is 11.2 Å². The second kappa shape index (κ2) is 9.34. The number of thioether (sulfide) groups is 1. The summed E-state index contributed by atoms with van der Waals surface area (Å²) in [6.45, 7) is 5.45. The minimum absolute atomic E-state index is 0.0688. The molecule has 0 rings (SSSR count). The maximum absolute atomic E-state index is 11.4. The predicted octanol–water partition coefficient (Wildman–Crippen LogP) is 1.37. The molecule has 0 radical (unpaired) electrons. The number of hydrogen-bond acceptors (Lipinski definition) is 3. The number of carbonyl (C=O) groups is 1. The molecule has 0 aliphatic heterocycles. The monoisotopic (exact) mass is 218 g/mol. The minimum atomic E-state index is 0.0688. The van der Waals surface area contributed by atoms with Gasteiger partial charge in [-0.1, -0.05) is 13.3 Å². The summed E-state index contributed by atoms with van der Waals surface area (Å²) in [4.78, 5) is 11.4. The Hall–Kier alpha value is -0.220. The standard InChI is InChI=1S/C10H22N2OS/c1-3-4-8-14-9(2)10(13)12-7-5-6-11/h9H,3-8,11H2,1-2H3,(H,12,13). The summed E-state index contributed by atoms with van der Waals surface area (Å²) in [5.41, 5.74) is 5.33. The highest BCUT2D eigenvalue weighted by Gasteiger charge is 2.11. The van der Waals surface area contributed by atoms with Gasteiger partial charge in [0.05, 0.1) is 5.25 Å². The fourth-order valence-electron chi connectivity index (χ4n) is 0.938. The summed E-state index contributed by atoms with van der Waals surface area (Å²) in [6, 6.07) is 0. The van der Waals surface area contributed by atoms with Crippen molar-refractivity contribution in [1.82, 2.24) is 5.32 Å². The summed E-state index contributed by atoms with van der Waals surface area (Å²) in [7, 11) is 0. The lowest BCUT2D eigenvalue weighted by Crippen LogP contribution is -2.32. The first kappa shape index (κ1) is 13.8. The van der Waals surface area contributed by atoms with E-state index in [0.29, 0.717) is 13.1 Å². The van der Waals surface area contributed by atoms with Crippen molar-refractivity contribution >= 4 is 17.7 Å². The van der Waals surface area contributed by atoms with Gasteiger partial charge in [-0.2, -0.15) is 0 Å². The van der Waals surface area contributed by atoms with Crippen LogP contribution in [0.5, 0.6) is 0 Å². The molecule has 0 aromatic rings. The van der Waals surface area contributed by atoms with Crippen molar-refractivity contribution in [2.75, 3.05) is 18.8 Å². The Bertz CT molecular complexity index is 153. The van der Waals surface area contributed by atoms with E-state index in [4.69, 9.17) is 5.73 Å². The average molecular weight is 218 g/mol. The van der Waals surface area contributed by atoms with E-state index < -0.39 is 0 Å². The van der Waals surface area contributed by atoms with Gasteiger partial charge in [0.1, 0.15) is 0 Å². The highest BCUT2D eigenvalue weighted by molar-refractivity contribution is 8.00. The third-order valence-electron chi connectivity index (χ3n) is 1.92. The fourth-order valence-corrected chi connectivity index (χ4v) is 1.98. The summed E-state index contributed by atoms with van der Waals surface area (Å²) in [5, 5.41) is 2.94. The van der Waals surface area contributed by atoms with Crippen molar-refractivity contribution < 1.29 is 4.79 Å². The molecular formula is C10H22N2OS. The minimum Gasteiger partial charge on any atom is -0.355 e. The molecule has 4 heteroatoms. The molecule has 0 bridgehead atoms. The lowest BCUT2D eigenvalue weighted by atomic mass is 10.4. The van der Waals surface area contributed by atoms with Crippen LogP contribution < -0.4 is 11.1 Å². The second-order valence-electron chi connectivity index (χ2n) is 3.30. The third-order valence-corrected chi connectivity index (χ3v) is 3.15. The Morgan fingerprint density at radius 2 is 2.21 bits per heavy atom. The first-order valence-electron chi connectivity index (χ1n) is 5.31. The van der Waals surface area contributed by atoms with Gasteiger partial charge >= 0.3 is 0 Å². The Kier molecular flexibility index (Phi) is 9.19. The number of hydrogen-bond donors (Lipinski definition) is 2. The molecule has 0 spiro atoms. The van der Waals surface area contributed by atoms with Gasteiger partial charge in [0.2, 0.25) is 5.91 Å². The molecule has 0 heterocycles. The molecule has 1 amide bonds. The Labute approximate surface area is 91.2 Å². The molecule has 1 atom stereocenters. The fraction of sp³-hybridized carbons (Fsp3) is 0.900. The number of nitrogens with two attached hydrogens (primary N) is 1. The zero-order valence-corrected chi connectivity index (χ0v) is 10.0. The number of amides is 1. The van der Waals surface area contributed by atoms with E-state index >= 15 is 0 Å².